The Balaban J connectivity index is 1.64. The van der Waals surface area contributed by atoms with Crippen LogP contribution in [0.3, 0.4) is 0 Å². The summed E-state index contributed by atoms with van der Waals surface area (Å²) in [7, 11) is 1.43. The largest absolute Gasteiger partial charge is 0.504 e. The Morgan fingerprint density at radius 3 is 2.75 bits per heavy atom. The summed E-state index contributed by atoms with van der Waals surface area (Å²) in [6.07, 6.45) is 0.306. The molecule has 28 heavy (non-hydrogen) atoms. The molecule has 7 nitrogen and oxygen atoms in total. The molecule has 2 heterocycles. The van der Waals surface area contributed by atoms with E-state index in [4.69, 9.17) is 9.47 Å². The van der Waals surface area contributed by atoms with E-state index in [1.54, 1.807) is 6.07 Å². The van der Waals surface area contributed by atoms with Crippen LogP contribution < -0.4 is 9.47 Å². The second-order valence-electron chi connectivity index (χ2n) is 7.33. The van der Waals surface area contributed by atoms with Gasteiger partial charge in [-0.15, -0.1) is 0 Å². The lowest BCUT2D eigenvalue weighted by atomic mass is 9.74. The lowest BCUT2D eigenvalue weighted by Crippen LogP contribution is -2.42. The molecule has 2 aliphatic rings. The zero-order valence-corrected chi connectivity index (χ0v) is 15.4. The number of fused-ring (bicyclic) bond motifs is 2. The second-order valence-corrected chi connectivity index (χ2v) is 7.33. The van der Waals surface area contributed by atoms with Crippen molar-refractivity contribution >= 4 is 11.9 Å². The standard InChI is InChI=1S/C21H21NO6/c1-27-18-7-6-13(8-16(18)23)19(24)22-10-15-11-28-17-5-3-2-4-14(17)9-21(15,12-22)20(25)26/h2-8,15,23H,9-12H2,1H3,(H,25,26)/t15-,21+/m0/s1. The molecule has 0 spiro atoms. The highest BCUT2D eigenvalue weighted by Gasteiger charge is 2.55. The number of para-hydroxylation sites is 1. The number of likely N-dealkylation sites (tertiary alicyclic amines) is 1. The monoisotopic (exact) mass is 383 g/mol. The molecule has 0 bridgehead atoms. The number of carboxylic acids is 1. The van der Waals surface area contributed by atoms with E-state index in [0.717, 1.165) is 5.56 Å². The first-order valence-corrected chi connectivity index (χ1v) is 9.05. The third kappa shape index (κ3) is 2.83. The Labute approximate surface area is 162 Å². The van der Waals surface area contributed by atoms with E-state index >= 15 is 0 Å². The van der Waals surface area contributed by atoms with E-state index in [9.17, 15) is 19.8 Å². The molecular weight excluding hydrogens is 362 g/mol. The molecule has 1 saturated heterocycles. The van der Waals surface area contributed by atoms with Gasteiger partial charge in [-0.25, -0.2) is 0 Å². The van der Waals surface area contributed by atoms with Crippen molar-refractivity contribution in [1.29, 1.82) is 0 Å². The average Bonchev–Trinajstić information content (AvgIpc) is 2.98. The lowest BCUT2D eigenvalue weighted by molar-refractivity contribution is -0.150. The fourth-order valence-corrected chi connectivity index (χ4v) is 4.19. The summed E-state index contributed by atoms with van der Waals surface area (Å²) in [6.45, 7) is 0.614. The number of benzene rings is 2. The number of rotatable bonds is 3. The maximum Gasteiger partial charge on any atom is 0.312 e. The summed E-state index contributed by atoms with van der Waals surface area (Å²) in [5.74, 6) is -0.726. The van der Waals surface area contributed by atoms with Crippen molar-refractivity contribution in [2.75, 3.05) is 26.8 Å². The molecule has 0 aromatic heterocycles. The zero-order chi connectivity index (χ0) is 19.9. The molecule has 7 heteroatoms. The van der Waals surface area contributed by atoms with Gasteiger partial charge >= 0.3 is 5.97 Å². The third-order valence-electron chi connectivity index (χ3n) is 5.75. The van der Waals surface area contributed by atoms with Gasteiger partial charge in [0, 0.05) is 24.6 Å². The van der Waals surface area contributed by atoms with E-state index < -0.39 is 11.4 Å². The first kappa shape index (κ1) is 18.2. The highest BCUT2D eigenvalue weighted by atomic mass is 16.5. The van der Waals surface area contributed by atoms with Crippen LogP contribution in [0.15, 0.2) is 42.5 Å². The molecule has 2 atom stereocenters. The highest BCUT2D eigenvalue weighted by Crippen LogP contribution is 2.44. The van der Waals surface area contributed by atoms with Crippen molar-refractivity contribution in [3.8, 4) is 17.2 Å². The lowest BCUT2D eigenvalue weighted by Gasteiger charge is -2.27. The van der Waals surface area contributed by atoms with Gasteiger partial charge in [-0.1, -0.05) is 18.2 Å². The molecule has 1 fully saturated rings. The Morgan fingerprint density at radius 1 is 1.25 bits per heavy atom. The van der Waals surface area contributed by atoms with Crippen LogP contribution in [-0.2, 0) is 11.2 Å². The first-order chi connectivity index (χ1) is 13.4. The number of carbonyl (C=O) groups is 2. The molecule has 1 amide bonds. The molecule has 146 valence electrons. The quantitative estimate of drug-likeness (QED) is 0.843. The van der Waals surface area contributed by atoms with Gasteiger partial charge < -0.3 is 24.6 Å². The van der Waals surface area contributed by atoms with Crippen molar-refractivity contribution in [3.05, 3.63) is 53.6 Å². The Kier molecular flexibility index (Phi) is 4.37. The van der Waals surface area contributed by atoms with Crippen molar-refractivity contribution < 1.29 is 29.3 Å². The Bertz CT molecular complexity index is 942. The van der Waals surface area contributed by atoms with Gasteiger partial charge in [-0.2, -0.15) is 0 Å². The molecule has 2 aromatic carbocycles. The van der Waals surface area contributed by atoms with Crippen molar-refractivity contribution in [2.45, 2.75) is 6.42 Å². The summed E-state index contributed by atoms with van der Waals surface area (Å²) in [4.78, 5) is 26.8. The first-order valence-electron chi connectivity index (χ1n) is 9.05. The predicted molar refractivity (Wildman–Crippen MR) is 99.8 cm³/mol. The van der Waals surface area contributed by atoms with Gasteiger partial charge in [0.25, 0.3) is 5.91 Å². The van der Waals surface area contributed by atoms with E-state index in [2.05, 4.69) is 0 Å². The van der Waals surface area contributed by atoms with Crippen molar-refractivity contribution in [3.63, 3.8) is 0 Å². The minimum absolute atomic E-state index is 0.0936. The van der Waals surface area contributed by atoms with E-state index in [1.807, 2.05) is 24.3 Å². The molecule has 2 N–H and O–H groups in total. The molecular formula is C21H21NO6. The molecule has 0 unspecified atom stereocenters. The van der Waals surface area contributed by atoms with Gasteiger partial charge in [-0.05, 0) is 36.2 Å². The van der Waals surface area contributed by atoms with Gasteiger partial charge in [0.05, 0.1) is 19.1 Å². The number of phenols is 1. The maximum atomic E-state index is 13.0. The molecule has 0 aliphatic carbocycles. The number of amides is 1. The fourth-order valence-electron chi connectivity index (χ4n) is 4.19. The van der Waals surface area contributed by atoms with E-state index in [-0.39, 0.29) is 48.6 Å². The van der Waals surface area contributed by atoms with Crippen LogP contribution in [0.5, 0.6) is 17.2 Å². The minimum atomic E-state index is -1.10. The third-order valence-corrected chi connectivity index (χ3v) is 5.75. The highest BCUT2D eigenvalue weighted by molar-refractivity contribution is 5.96. The number of methoxy groups -OCH3 is 1. The summed E-state index contributed by atoms with van der Waals surface area (Å²) >= 11 is 0. The fraction of sp³-hybridized carbons (Fsp3) is 0.333. The minimum Gasteiger partial charge on any atom is -0.504 e. The number of carbonyl (C=O) groups excluding carboxylic acids is 1. The van der Waals surface area contributed by atoms with Crippen LogP contribution in [0.1, 0.15) is 15.9 Å². The number of phenolic OH excluding ortho intramolecular Hbond substituents is 1. The number of ether oxygens (including phenoxy) is 2. The van der Waals surface area contributed by atoms with E-state index in [0.29, 0.717) is 12.2 Å². The number of aromatic hydroxyl groups is 1. The van der Waals surface area contributed by atoms with Crippen LogP contribution in [0.2, 0.25) is 0 Å². The average molecular weight is 383 g/mol. The SMILES string of the molecule is COc1ccc(C(=O)N2C[C@H]3COc4ccccc4C[C@@]3(C(=O)O)C2)cc1O. The van der Waals surface area contributed by atoms with Crippen LogP contribution >= 0.6 is 0 Å². The van der Waals surface area contributed by atoms with Crippen molar-refractivity contribution in [2.24, 2.45) is 11.3 Å². The topological polar surface area (TPSA) is 96.3 Å². The van der Waals surface area contributed by atoms with Gasteiger partial charge in [0.1, 0.15) is 5.75 Å². The number of hydrogen-bond donors (Lipinski definition) is 2. The van der Waals surface area contributed by atoms with Crippen LogP contribution in [0.25, 0.3) is 0 Å². The number of nitrogens with zero attached hydrogens (tertiary/aromatic N) is 1. The predicted octanol–water partition coefficient (Wildman–Crippen LogP) is 2.18. The number of aliphatic carboxylic acids is 1. The maximum absolute atomic E-state index is 13.0. The van der Waals surface area contributed by atoms with Gasteiger partial charge in [-0.3, -0.25) is 9.59 Å². The summed E-state index contributed by atoms with van der Waals surface area (Å²) in [5.41, 5.74) is 0.0250. The molecule has 0 saturated carbocycles. The normalized spacial score (nSPS) is 23.2. The second kappa shape index (κ2) is 6.74. The smallest absolute Gasteiger partial charge is 0.312 e. The summed E-state index contributed by atoms with van der Waals surface area (Å²) in [5, 5.41) is 20.0. The van der Waals surface area contributed by atoms with Gasteiger partial charge in [0.15, 0.2) is 11.5 Å². The van der Waals surface area contributed by atoms with E-state index in [1.165, 1.54) is 24.1 Å². The Hall–Kier alpha value is -3.22. The molecule has 2 aromatic rings. The van der Waals surface area contributed by atoms with Gasteiger partial charge in [0.2, 0.25) is 0 Å². The number of carboxylic acid groups (broad SMARTS) is 1. The Morgan fingerprint density at radius 2 is 2.04 bits per heavy atom. The number of hydrogen-bond acceptors (Lipinski definition) is 5. The molecule has 0 radical (unpaired) electrons. The molecule has 4 rings (SSSR count). The van der Waals surface area contributed by atoms with Crippen LogP contribution in [-0.4, -0.2) is 53.8 Å². The van der Waals surface area contributed by atoms with Crippen LogP contribution in [0, 0.1) is 11.3 Å². The summed E-state index contributed by atoms with van der Waals surface area (Å²) in [6, 6.07) is 11.9. The summed E-state index contributed by atoms with van der Waals surface area (Å²) < 4.78 is 10.9. The van der Waals surface area contributed by atoms with Crippen molar-refractivity contribution in [1.82, 2.24) is 4.90 Å². The van der Waals surface area contributed by atoms with Crippen LogP contribution in [0.4, 0.5) is 0 Å². The zero-order valence-electron chi connectivity index (χ0n) is 15.4. The molecule has 2 aliphatic heterocycles.